The van der Waals surface area contributed by atoms with Gasteiger partial charge in [-0.3, -0.25) is 0 Å². The van der Waals surface area contributed by atoms with Crippen molar-refractivity contribution in [2.75, 3.05) is 13.1 Å². The molecular formula is C15H18FN3O2. The van der Waals surface area contributed by atoms with Crippen LogP contribution in [0, 0.1) is 12.7 Å². The molecule has 1 unspecified atom stereocenters. The number of β-amino-alcohol motifs (C(OH)–C–C–N with tert-alkyl or cyclic N) is 1. The number of carbonyl (C=O) groups is 1. The Morgan fingerprint density at radius 2 is 2.33 bits per heavy atom. The van der Waals surface area contributed by atoms with E-state index >= 15 is 0 Å². The van der Waals surface area contributed by atoms with Crippen LogP contribution in [0.15, 0.2) is 18.2 Å². The number of aliphatic hydroxyl groups excluding tert-OH is 1. The van der Waals surface area contributed by atoms with Gasteiger partial charge in [0.05, 0.1) is 12.6 Å². The van der Waals surface area contributed by atoms with Crippen molar-refractivity contribution in [1.29, 1.82) is 0 Å². The third-order valence-corrected chi connectivity index (χ3v) is 3.84. The number of hydrogen-bond donors (Lipinski definition) is 3. The minimum Gasteiger partial charge on any atom is -0.391 e. The van der Waals surface area contributed by atoms with Gasteiger partial charge in [-0.15, -0.1) is 0 Å². The number of aromatic amines is 1. The monoisotopic (exact) mass is 291 g/mol. The fraction of sp³-hybridized carbons (Fsp3) is 0.400. The van der Waals surface area contributed by atoms with Crippen molar-refractivity contribution in [3.05, 3.63) is 35.3 Å². The van der Waals surface area contributed by atoms with Crippen molar-refractivity contribution in [1.82, 2.24) is 15.2 Å². The summed E-state index contributed by atoms with van der Waals surface area (Å²) in [6.07, 6.45) is 0.202. The Morgan fingerprint density at radius 1 is 1.52 bits per heavy atom. The maximum atomic E-state index is 13.5. The molecule has 1 aliphatic heterocycles. The summed E-state index contributed by atoms with van der Waals surface area (Å²) in [7, 11) is 0. The second kappa shape index (κ2) is 5.37. The highest BCUT2D eigenvalue weighted by atomic mass is 19.1. The molecule has 1 aromatic carbocycles. The molecule has 0 aliphatic carbocycles. The van der Waals surface area contributed by atoms with Crippen LogP contribution in [0.25, 0.3) is 10.9 Å². The van der Waals surface area contributed by atoms with Gasteiger partial charge in [-0.1, -0.05) is 0 Å². The quantitative estimate of drug-likeness (QED) is 0.791. The Hall–Kier alpha value is -2.08. The van der Waals surface area contributed by atoms with Crippen molar-refractivity contribution in [2.45, 2.75) is 26.0 Å². The highest BCUT2D eigenvalue weighted by Crippen LogP contribution is 2.19. The van der Waals surface area contributed by atoms with Crippen LogP contribution in [0.5, 0.6) is 0 Å². The normalized spacial score (nSPS) is 18.4. The van der Waals surface area contributed by atoms with Crippen molar-refractivity contribution in [3.63, 3.8) is 0 Å². The van der Waals surface area contributed by atoms with Gasteiger partial charge in [0.15, 0.2) is 0 Å². The fourth-order valence-electron chi connectivity index (χ4n) is 2.63. The maximum absolute atomic E-state index is 13.5. The van der Waals surface area contributed by atoms with E-state index in [1.165, 1.54) is 6.07 Å². The number of rotatable bonds is 2. The minimum absolute atomic E-state index is 0.187. The topological polar surface area (TPSA) is 68.4 Å². The maximum Gasteiger partial charge on any atom is 0.317 e. The highest BCUT2D eigenvalue weighted by Gasteiger charge is 2.24. The summed E-state index contributed by atoms with van der Waals surface area (Å²) in [5.74, 6) is -0.233. The molecule has 112 valence electrons. The number of fused-ring (bicyclic) bond motifs is 1. The molecule has 2 heterocycles. The number of benzene rings is 1. The molecule has 0 radical (unpaired) electrons. The van der Waals surface area contributed by atoms with Crippen LogP contribution in [0.2, 0.25) is 0 Å². The van der Waals surface area contributed by atoms with Crippen LogP contribution < -0.4 is 5.32 Å². The molecule has 2 amide bonds. The number of H-pyrrole nitrogens is 1. The van der Waals surface area contributed by atoms with Gasteiger partial charge in [0.2, 0.25) is 0 Å². The highest BCUT2D eigenvalue weighted by molar-refractivity contribution is 5.81. The number of aromatic nitrogens is 1. The summed E-state index contributed by atoms with van der Waals surface area (Å²) in [5, 5.41) is 13.0. The van der Waals surface area contributed by atoms with Gasteiger partial charge in [0.25, 0.3) is 0 Å². The van der Waals surface area contributed by atoms with Crippen LogP contribution >= 0.6 is 0 Å². The molecule has 0 saturated carbocycles. The second-order valence-electron chi connectivity index (χ2n) is 5.53. The van der Waals surface area contributed by atoms with Crippen molar-refractivity contribution in [3.8, 4) is 0 Å². The first kappa shape index (κ1) is 13.9. The average Bonchev–Trinajstić information content (AvgIpc) is 3.03. The number of carbonyl (C=O) groups excluding carboxylic acids is 1. The Balaban J connectivity index is 1.66. The van der Waals surface area contributed by atoms with Crippen LogP contribution in [-0.2, 0) is 6.54 Å². The smallest absolute Gasteiger partial charge is 0.317 e. The van der Waals surface area contributed by atoms with E-state index in [1.807, 2.05) is 6.07 Å². The number of aryl methyl sites for hydroxylation is 1. The molecule has 3 rings (SSSR count). The third kappa shape index (κ3) is 2.85. The van der Waals surface area contributed by atoms with E-state index in [4.69, 9.17) is 0 Å². The van der Waals surface area contributed by atoms with Crippen LogP contribution in [0.4, 0.5) is 9.18 Å². The largest absolute Gasteiger partial charge is 0.391 e. The first-order valence-corrected chi connectivity index (χ1v) is 7.01. The van der Waals surface area contributed by atoms with Gasteiger partial charge >= 0.3 is 6.03 Å². The minimum atomic E-state index is -0.422. The number of hydrogen-bond acceptors (Lipinski definition) is 2. The molecule has 6 heteroatoms. The average molecular weight is 291 g/mol. The Bertz CT molecular complexity index is 644. The first-order chi connectivity index (χ1) is 10.0. The van der Waals surface area contributed by atoms with Crippen LogP contribution in [0.1, 0.15) is 17.7 Å². The van der Waals surface area contributed by atoms with E-state index in [0.29, 0.717) is 31.6 Å². The lowest BCUT2D eigenvalue weighted by molar-refractivity contribution is 0.171. The van der Waals surface area contributed by atoms with Gasteiger partial charge in [0, 0.05) is 29.7 Å². The Labute approximate surface area is 121 Å². The van der Waals surface area contributed by atoms with Crippen LogP contribution in [-0.4, -0.2) is 40.2 Å². The number of urea groups is 1. The van der Waals surface area contributed by atoms with Crippen molar-refractivity contribution < 1.29 is 14.3 Å². The van der Waals surface area contributed by atoms with Gasteiger partial charge in [0.1, 0.15) is 5.82 Å². The molecule has 0 bridgehead atoms. The molecule has 0 spiro atoms. The Kier molecular flexibility index (Phi) is 3.55. The van der Waals surface area contributed by atoms with Gasteiger partial charge < -0.3 is 20.3 Å². The standard InChI is InChI=1S/C15H18FN3O2/c1-9-4-14-10(6-13(9)16)5-11(18-14)7-17-15(21)19-3-2-12(20)8-19/h4-6,12,18,20H,2-3,7-8H2,1H3,(H,17,21). The Morgan fingerprint density at radius 3 is 3.05 bits per heavy atom. The summed E-state index contributed by atoms with van der Waals surface area (Å²) < 4.78 is 13.5. The second-order valence-corrected chi connectivity index (χ2v) is 5.53. The molecule has 1 fully saturated rings. The van der Waals surface area contributed by atoms with E-state index in [2.05, 4.69) is 10.3 Å². The number of nitrogens with one attached hydrogen (secondary N) is 2. The lowest BCUT2D eigenvalue weighted by Gasteiger charge is -2.15. The van der Waals surface area contributed by atoms with Gasteiger partial charge in [-0.25, -0.2) is 9.18 Å². The lowest BCUT2D eigenvalue weighted by atomic mass is 10.2. The van der Waals surface area contributed by atoms with E-state index in [0.717, 1.165) is 16.6 Å². The molecule has 1 aromatic heterocycles. The predicted molar refractivity (Wildman–Crippen MR) is 77.4 cm³/mol. The van der Waals surface area contributed by atoms with E-state index in [-0.39, 0.29) is 11.8 Å². The predicted octanol–water partition coefficient (Wildman–Crippen LogP) is 1.89. The summed E-state index contributed by atoms with van der Waals surface area (Å²) in [6, 6.07) is 4.89. The SMILES string of the molecule is Cc1cc2[nH]c(CNC(=O)N3CCC(O)C3)cc2cc1F. The van der Waals surface area contributed by atoms with E-state index in [9.17, 15) is 14.3 Å². The summed E-state index contributed by atoms with van der Waals surface area (Å²) in [6.45, 7) is 3.02. The zero-order valence-electron chi connectivity index (χ0n) is 11.8. The van der Waals surface area contributed by atoms with Crippen LogP contribution in [0.3, 0.4) is 0 Å². The van der Waals surface area contributed by atoms with Gasteiger partial charge in [-0.2, -0.15) is 0 Å². The molecule has 21 heavy (non-hydrogen) atoms. The number of amides is 2. The molecule has 5 nitrogen and oxygen atoms in total. The number of aliphatic hydroxyl groups is 1. The first-order valence-electron chi connectivity index (χ1n) is 7.01. The molecule has 1 atom stereocenters. The molecule has 2 aromatic rings. The zero-order chi connectivity index (χ0) is 15.0. The third-order valence-electron chi connectivity index (χ3n) is 3.84. The summed E-state index contributed by atoms with van der Waals surface area (Å²) >= 11 is 0. The zero-order valence-corrected chi connectivity index (χ0v) is 11.8. The summed E-state index contributed by atoms with van der Waals surface area (Å²) in [5.41, 5.74) is 2.27. The molecule has 3 N–H and O–H groups in total. The molecule has 1 saturated heterocycles. The number of nitrogens with zero attached hydrogens (tertiary/aromatic N) is 1. The summed E-state index contributed by atoms with van der Waals surface area (Å²) in [4.78, 5) is 16.7. The van der Waals surface area contributed by atoms with Crippen molar-refractivity contribution >= 4 is 16.9 Å². The number of halogens is 1. The molecular weight excluding hydrogens is 273 g/mol. The lowest BCUT2D eigenvalue weighted by Crippen LogP contribution is -2.38. The van der Waals surface area contributed by atoms with E-state index < -0.39 is 6.10 Å². The van der Waals surface area contributed by atoms with Gasteiger partial charge in [-0.05, 0) is 37.1 Å². The fourth-order valence-corrected chi connectivity index (χ4v) is 2.63. The molecule has 1 aliphatic rings. The number of likely N-dealkylation sites (tertiary alicyclic amines) is 1. The van der Waals surface area contributed by atoms with Crippen molar-refractivity contribution in [2.24, 2.45) is 0 Å². The van der Waals surface area contributed by atoms with E-state index in [1.54, 1.807) is 17.9 Å².